The Kier molecular flexibility index (Phi) is 5.61. The minimum absolute atomic E-state index is 0.636. The smallest absolute Gasteiger partial charge is 0.151 e. The number of likely N-dealkylation sites (tertiary alicyclic amines) is 1. The third kappa shape index (κ3) is 4.32. The number of hydrogen-bond acceptors (Lipinski definition) is 4. The summed E-state index contributed by atoms with van der Waals surface area (Å²) in [4.78, 5) is 2.51. The molecule has 2 heterocycles. The van der Waals surface area contributed by atoms with Crippen LogP contribution < -0.4 is 5.32 Å². The van der Waals surface area contributed by atoms with E-state index in [1.165, 1.54) is 19.4 Å². The van der Waals surface area contributed by atoms with E-state index >= 15 is 0 Å². The Balaban J connectivity index is 1.83. The first kappa shape index (κ1) is 15.5. The molecule has 2 atom stereocenters. The largest absolute Gasteiger partial charge is 0.360 e. The predicted molar refractivity (Wildman–Crippen MR) is 81.3 cm³/mol. The summed E-state index contributed by atoms with van der Waals surface area (Å²) in [5.74, 6) is 2.43. The van der Waals surface area contributed by atoms with Crippen LogP contribution in [0.3, 0.4) is 0 Å². The molecule has 1 aliphatic rings. The summed E-state index contributed by atoms with van der Waals surface area (Å²) < 4.78 is 5.48. The van der Waals surface area contributed by atoms with Crippen molar-refractivity contribution in [1.29, 1.82) is 0 Å². The Morgan fingerprint density at radius 2 is 2.25 bits per heavy atom. The highest BCUT2D eigenvalue weighted by Gasteiger charge is 2.25. The molecule has 0 saturated carbocycles. The monoisotopic (exact) mass is 279 g/mol. The van der Waals surface area contributed by atoms with Crippen molar-refractivity contribution in [2.45, 2.75) is 59.7 Å². The van der Waals surface area contributed by atoms with Crippen molar-refractivity contribution in [2.75, 3.05) is 13.1 Å². The van der Waals surface area contributed by atoms with Crippen molar-refractivity contribution in [3.8, 4) is 0 Å². The van der Waals surface area contributed by atoms with Gasteiger partial charge in [0.15, 0.2) is 5.76 Å². The Morgan fingerprint density at radius 1 is 1.45 bits per heavy atom. The van der Waals surface area contributed by atoms with Crippen LogP contribution in [-0.4, -0.2) is 29.2 Å². The molecule has 1 aliphatic heterocycles. The van der Waals surface area contributed by atoms with Crippen molar-refractivity contribution in [3.05, 3.63) is 17.5 Å². The molecule has 2 unspecified atom stereocenters. The molecule has 20 heavy (non-hydrogen) atoms. The topological polar surface area (TPSA) is 41.3 Å². The Morgan fingerprint density at radius 3 is 3.00 bits per heavy atom. The summed E-state index contributed by atoms with van der Waals surface area (Å²) in [5, 5.41) is 7.56. The predicted octanol–water partition coefficient (Wildman–Crippen LogP) is 3.04. The summed E-state index contributed by atoms with van der Waals surface area (Å²) in [7, 11) is 0. The van der Waals surface area contributed by atoms with Crippen LogP contribution in [0.4, 0.5) is 0 Å². The maximum Gasteiger partial charge on any atom is 0.151 e. The van der Waals surface area contributed by atoms with Crippen LogP contribution in [0.2, 0.25) is 0 Å². The molecule has 1 fully saturated rings. The van der Waals surface area contributed by atoms with Crippen LogP contribution in [0, 0.1) is 11.8 Å². The summed E-state index contributed by atoms with van der Waals surface area (Å²) in [6, 6.07) is 2.73. The first-order chi connectivity index (χ1) is 9.56. The number of nitrogens with one attached hydrogen (secondary N) is 1. The quantitative estimate of drug-likeness (QED) is 0.869. The number of rotatable bonds is 6. The van der Waals surface area contributed by atoms with Crippen molar-refractivity contribution in [2.24, 2.45) is 11.8 Å². The second-order valence-electron chi connectivity index (χ2n) is 6.64. The Hall–Kier alpha value is -0.870. The highest BCUT2D eigenvalue weighted by molar-refractivity contribution is 5.05. The van der Waals surface area contributed by atoms with Gasteiger partial charge in [0, 0.05) is 18.7 Å². The first-order valence-corrected chi connectivity index (χ1v) is 7.95. The minimum atomic E-state index is 0.636. The number of nitrogens with zero attached hydrogens (tertiary/aromatic N) is 2. The average molecular weight is 279 g/mol. The normalized spacial score (nSPS) is 24.4. The summed E-state index contributed by atoms with van der Waals surface area (Å²) >= 11 is 0. The van der Waals surface area contributed by atoms with Crippen molar-refractivity contribution < 1.29 is 4.52 Å². The van der Waals surface area contributed by atoms with E-state index in [0.29, 0.717) is 12.0 Å². The molecule has 1 aromatic heterocycles. The Labute approximate surface area is 122 Å². The second-order valence-corrected chi connectivity index (χ2v) is 6.64. The molecule has 1 saturated heterocycles. The molecule has 0 radical (unpaired) electrons. The van der Waals surface area contributed by atoms with Gasteiger partial charge in [0.1, 0.15) is 0 Å². The molecule has 0 aromatic carbocycles. The van der Waals surface area contributed by atoms with Gasteiger partial charge in [-0.2, -0.15) is 0 Å². The number of aromatic nitrogens is 1. The fraction of sp³-hybridized carbons (Fsp3) is 0.812. The SMILES string of the molecule is CC(C)CNCc1cc(CN2CCCC(C)C2C)on1. The summed E-state index contributed by atoms with van der Waals surface area (Å²) in [6.07, 6.45) is 2.64. The van der Waals surface area contributed by atoms with E-state index in [9.17, 15) is 0 Å². The molecular formula is C16H29N3O. The summed E-state index contributed by atoms with van der Waals surface area (Å²) in [6.45, 7) is 13.0. The van der Waals surface area contributed by atoms with E-state index < -0.39 is 0 Å². The molecular weight excluding hydrogens is 250 g/mol. The average Bonchev–Trinajstić information content (AvgIpc) is 2.82. The molecule has 0 amide bonds. The van der Waals surface area contributed by atoms with Gasteiger partial charge >= 0.3 is 0 Å². The lowest BCUT2D eigenvalue weighted by molar-refractivity contribution is 0.0959. The lowest BCUT2D eigenvalue weighted by atomic mass is 9.92. The fourth-order valence-electron chi connectivity index (χ4n) is 2.85. The molecule has 0 aliphatic carbocycles. The van der Waals surface area contributed by atoms with Gasteiger partial charge in [-0.3, -0.25) is 4.90 Å². The van der Waals surface area contributed by atoms with Crippen LogP contribution in [0.1, 0.15) is 52.0 Å². The standard InChI is InChI=1S/C16H29N3O/c1-12(2)9-17-10-15-8-16(20-18-15)11-19-7-5-6-13(3)14(19)4/h8,12-14,17H,5-7,9-11H2,1-4H3. The Bertz CT molecular complexity index is 402. The van der Waals surface area contributed by atoms with E-state index in [2.05, 4.69) is 49.1 Å². The van der Waals surface area contributed by atoms with Crippen molar-refractivity contribution >= 4 is 0 Å². The molecule has 0 spiro atoms. The molecule has 114 valence electrons. The highest BCUT2D eigenvalue weighted by Crippen LogP contribution is 2.24. The molecule has 0 bridgehead atoms. The van der Waals surface area contributed by atoms with Crippen molar-refractivity contribution in [3.63, 3.8) is 0 Å². The van der Waals surface area contributed by atoms with Gasteiger partial charge in [-0.1, -0.05) is 25.9 Å². The van der Waals surface area contributed by atoms with Crippen LogP contribution in [0.15, 0.2) is 10.6 Å². The maximum atomic E-state index is 5.48. The maximum absolute atomic E-state index is 5.48. The zero-order valence-corrected chi connectivity index (χ0v) is 13.4. The first-order valence-electron chi connectivity index (χ1n) is 7.95. The zero-order valence-electron chi connectivity index (χ0n) is 13.4. The minimum Gasteiger partial charge on any atom is -0.360 e. The van der Waals surface area contributed by atoms with E-state index in [-0.39, 0.29) is 0 Å². The second kappa shape index (κ2) is 7.23. The van der Waals surface area contributed by atoms with E-state index in [0.717, 1.165) is 37.0 Å². The zero-order chi connectivity index (χ0) is 14.5. The van der Waals surface area contributed by atoms with Crippen LogP contribution in [0.25, 0.3) is 0 Å². The van der Waals surface area contributed by atoms with Gasteiger partial charge in [-0.25, -0.2) is 0 Å². The number of piperidine rings is 1. The van der Waals surface area contributed by atoms with Crippen LogP contribution >= 0.6 is 0 Å². The highest BCUT2D eigenvalue weighted by atomic mass is 16.5. The van der Waals surface area contributed by atoms with Gasteiger partial charge in [0.25, 0.3) is 0 Å². The van der Waals surface area contributed by atoms with E-state index in [1.54, 1.807) is 0 Å². The summed E-state index contributed by atoms with van der Waals surface area (Å²) in [5.41, 5.74) is 1.01. The van der Waals surface area contributed by atoms with Crippen LogP contribution in [-0.2, 0) is 13.1 Å². The van der Waals surface area contributed by atoms with Gasteiger partial charge in [-0.15, -0.1) is 0 Å². The van der Waals surface area contributed by atoms with Crippen LogP contribution in [0.5, 0.6) is 0 Å². The molecule has 4 heteroatoms. The van der Waals surface area contributed by atoms with E-state index in [1.807, 2.05) is 0 Å². The van der Waals surface area contributed by atoms with E-state index in [4.69, 9.17) is 4.52 Å². The van der Waals surface area contributed by atoms with Gasteiger partial charge in [0.05, 0.1) is 12.2 Å². The fourth-order valence-corrected chi connectivity index (χ4v) is 2.85. The molecule has 1 N–H and O–H groups in total. The lowest BCUT2D eigenvalue weighted by Crippen LogP contribution is -2.41. The van der Waals surface area contributed by atoms with Crippen molar-refractivity contribution in [1.82, 2.24) is 15.4 Å². The van der Waals surface area contributed by atoms with Gasteiger partial charge < -0.3 is 9.84 Å². The molecule has 1 aromatic rings. The third-order valence-corrected chi connectivity index (χ3v) is 4.33. The van der Waals surface area contributed by atoms with Gasteiger partial charge in [-0.05, 0) is 44.7 Å². The van der Waals surface area contributed by atoms with Gasteiger partial charge in [0.2, 0.25) is 0 Å². The molecule has 2 rings (SSSR count). The lowest BCUT2D eigenvalue weighted by Gasteiger charge is -2.37. The third-order valence-electron chi connectivity index (χ3n) is 4.33. The molecule has 4 nitrogen and oxygen atoms in total. The number of hydrogen-bond donors (Lipinski definition) is 1.